The third kappa shape index (κ3) is 5.11. The number of nitrogens with zero attached hydrogens (tertiary/aromatic N) is 3. The first-order valence-corrected chi connectivity index (χ1v) is 12.7. The second kappa shape index (κ2) is 10.4. The summed E-state index contributed by atoms with van der Waals surface area (Å²) in [6, 6.07) is 14.6. The van der Waals surface area contributed by atoms with Gasteiger partial charge in [0.15, 0.2) is 6.61 Å². The molecule has 0 atom stereocenters. The molecule has 182 valence electrons. The van der Waals surface area contributed by atoms with E-state index in [0.717, 1.165) is 21.3 Å². The Morgan fingerprint density at radius 3 is 2.49 bits per heavy atom. The zero-order chi connectivity index (χ0) is 25.0. The lowest BCUT2D eigenvalue weighted by Crippen LogP contribution is -2.41. The Morgan fingerprint density at radius 2 is 1.77 bits per heavy atom. The van der Waals surface area contributed by atoms with Gasteiger partial charge in [-0.1, -0.05) is 30.3 Å². The second-order valence-corrected chi connectivity index (χ2v) is 10.2. The zero-order valence-electron chi connectivity index (χ0n) is 18.9. The van der Waals surface area contributed by atoms with Crippen molar-refractivity contribution in [1.82, 2.24) is 8.87 Å². The molecule has 0 aliphatic carbocycles. The van der Waals surface area contributed by atoms with Crippen LogP contribution in [0.1, 0.15) is 29.6 Å². The molecule has 35 heavy (non-hydrogen) atoms. The first-order chi connectivity index (χ1) is 16.8. The number of benzene rings is 2. The van der Waals surface area contributed by atoms with Crippen LogP contribution >= 0.6 is 0 Å². The van der Waals surface area contributed by atoms with Crippen molar-refractivity contribution in [3.63, 3.8) is 0 Å². The number of ketones is 1. The standard InChI is InChI=1S/C25H24FN3O5S/c26-21-7-2-4-9-24(21)35(32,33)29-14-10-18(11-15-29)25(31)34-17-23(30)20-16-28(13-5-12-27)22-8-3-1-6-19(20)22/h1-4,6-9,16,18H,5,10-11,13-15,17H2. The highest BCUT2D eigenvalue weighted by Gasteiger charge is 2.34. The number of carbonyl (C=O) groups is 2. The summed E-state index contributed by atoms with van der Waals surface area (Å²) in [5.41, 5.74) is 1.23. The van der Waals surface area contributed by atoms with E-state index < -0.39 is 34.3 Å². The van der Waals surface area contributed by atoms with Gasteiger partial charge in [0.25, 0.3) is 0 Å². The lowest BCUT2D eigenvalue weighted by Gasteiger charge is -2.30. The molecule has 1 saturated heterocycles. The van der Waals surface area contributed by atoms with Crippen LogP contribution in [0.3, 0.4) is 0 Å². The Balaban J connectivity index is 1.36. The molecule has 2 aromatic carbocycles. The van der Waals surface area contributed by atoms with Crippen molar-refractivity contribution in [3.05, 3.63) is 66.1 Å². The molecule has 1 aliphatic rings. The van der Waals surface area contributed by atoms with Gasteiger partial charge in [-0.3, -0.25) is 9.59 Å². The van der Waals surface area contributed by atoms with Crippen LogP contribution in [-0.2, 0) is 26.1 Å². The summed E-state index contributed by atoms with van der Waals surface area (Å²) >= 11 is 0. The predicted octanol–water partition coefficient (Wildman–Crippen LogP) is 3.52. The largest absolute Gasteiger partial charge is 0.457 e. The highest BCUT2D eigenvalue weighted by Crippen LogP contribution is 2.26. The monoisotopic (exact) mass is 497 g/mol. The van der Waals surface area contributed by atoms with E-state index in [1.165, 1.54) is 18.2 Å². The number of Topliss-reactive ketones (excluding diaryl/α,β-unsaturated/α-hetero) is 1. The van der Waals surface area contributed by atoms with Crippen LogP contribution in [0.2, 0.25) is 0 Å². The Kier molecular flexibility index (Phi) is 7.28. The maximum atomic E-state index is 14.0. The first kappa shape index (κ1) is 24.6. The molecule has 1 fully saturated rings. The Morgan fingerprint density at radius 1 is 1.09 bits per heavy atom. The molecule has 0 unspecified atom stereocenters. The number of sulfonamides is 1. The van der Waals surface area contributed by atoms with E-state index >= 15 is 0 Å². The van der Waals surface area contributed by atoms with E-state index in [-0.39, 0.29) is 36.6 Å². The van der Waals surface area contributed by atoms with Gasteiger partial charge in [0, 0.05) is 42.3 Å². The first-order valence-electron chi connectivity index (χ1n) is 11.2. The van der Waals surface area contributed by atoms with Gasteiger partial charge >= 0.3 is 5.97 Å². The highest BCUT2D eigenvalue weighted by atomic mass is 32.2. The fourth-order valence-corrected chi connectivity index (χ4v) is 5.82. The number of rotatable bonds is 8. The predicted molar refractivity (Wildman–Crippen MR) is 125 cm³/mol. The Hall–Kier alpha value is -3.55. The van der Waals surface area contributed by atoms with Crippen molar-refractivity contribution < 1.29 is 27.1 Å². The Bertz CT molecular complexity index is 1400. The molecule has 1 aliphatic heterocycles. The van der Waals surface area contributed by atoms with Gasteiger partial charge < -0.3 is 9.30 Å². The number of halogens is 1. The summed E-state index contributed by atoms with van der Waals surface area (Å²) in [5, 5.41) is 9.60. The van der Waals surface area contributed by atoms with Crippen molar-refractivity contribution in [2.24, 2.45) is 5.92 Å². The molecule has 0 amide bonds. The SMILES string of the molecule is N#CCCn1cc(C(=O)COC(=O)C2CCN(S(=O)(=O)c3ccccc3F)CC2)c2ccccc21. The van der Waals surface area contributed by atoms with Crippen molar-refractivity contribution in [3.8, 4) is 6.07 Å². The molecule has 2 heterocycles. The number of para-hydroxylation sites is 1. The van der Waals surface area contributed by atoms with Crippen molar-refractivity contribution >= 4 is 32.7 Å². The minimum atomic E-state index is -4.00. The second-order valence-electron chi connectivity index (χ2n) is 8.30. The number of ether oxygens (including phenoxy) is 1. The van der Waals surface area contributed by atoms with Crippen LogP contribution in [0.25, 0.3) is 10.9 Å². The minimum absolute atomic E-state index is 0.0523. The summed E-state index contributed by atoms with van der Waals surface area (Å²) < 4.78 is 47.7. The Labute approximate surface area is 202 Å². The molecular weight excluding hydrogens is 473 g/mol. The van der Waals surface area contributed by atoms with Crippen LogP contribution in [0.5, 0.6) is 0 Å². The number of aryl methyl sites for hydroxylation is 1. The molecule has 4 rings (SSSR count). The zero-order valence-corrected chi connectivity index (χ0v) is 19.7. The summed E-state index contributed by atoms with van der Waals surface area (Å²) in [6.45, 7) is 0.116. The van der Waals surface area contributed by atoms with Gasteiger partial charge in [0.05, 0.1) is 18.4 Å². The highest BCUT2D eigenvalue weighted by molar-refractivity contribution is 7.89. The molecule has 0 spiro atoms. The summed E-state index contributed by atoms with van der Waals surface area (Å²) in [5.74, 6) is -2.28. The number of piperidine rings is 1. The smallest absolute Gasteiger partial charge is 0.309 e. The van der Waals surface area contributed by atoms with E-state index in [2.05, 4.69) is 6.07 Å². The topological polar surface area (TPSA) is 109 Å². The maximum absolute atomic E-state index is 14.0. The van der Waals surface area contributed by atoms with Crippen molar-refractivity contribution in [2.75, 3.05) is 19.7 Å². The summed E-state index contributed by atoms with van der Waals surface area (Å²) in [6.07, 6.45) is 2.40. The quantitative estimate of drug-likeness (QED) is 0.348. The number of fused-ring (bicyclic) bond motifs is 1. The third-order valence-electron chi connectivity index (χ3n) is 6.14. The normalized spacial score (nSPS) is 15.1. The van der Waals surface area contributed by atoms with Gasteiger partial charge in [-0.2, -0.15) is 9.57 Å². The molecule has 0 N–H and O–H groups in total. The fraction of sp³-hybridized carbons (Fsp3) is 0.320. The summed E-state index contributed by atoms with van der Waals surface area (Å²) in [4.78, 5) is 25.0. The molecule has 0 radical (unpaired) electrons. The molecule has 3 aromatic rings. The maximum Gasteiger partial charge on any atom is 0.309 e. The molecule has 10 heteroatoms. The molecular formula is C25H24FN3O5S. The van der Waals surface area contributed by atoms with Gasteiger partial charge in [-0.05, 0) is 31.0 Å². The average Bonchev–Trinajstić information content (AvgIpc) is 3.25. The van der Waals surface area contributed by atoms with Crippen LogP contribution in [0.15, 0.2) is 59.6 Å². The van der Waals surface area contributed by atoms with E-state index in [4.69, 9.17) is 10.00 Å². The van der Waals surface area contributed by atoms with Gasteiger partial charge in [-0.25, -0.2) is 12.8 Å². The van der Waals surface area contributed by atoms with E-state index in [9.17, 15) is 22.4 Å². The number of aromatic nitrogens is 1. The minimum Gasteiger partial charge on any atom is -0.457 e. The summed E-state index contributed by atoms with van der Waals surface area (Å²) in [7, 11) is -4.00. The van der Waals surface area contributed by atoms with Crippen molar-refractivity contribution in [1.29, 1.82) is 5.26 Å². The lowest BCUT2D eigenvalue weighted by molar-refractivity contribution is -0.148. The number of nitriles is 1. The lowest BCUT2D eigenvalue weighted by atomic mass is 9.98. The molecule has 0 bridgehead atoms. The van der Waals surface area contributed by atoms with Gasteiger partial charge in [0.1, 0.15) is 10.7 Å². The van der Waals surface area contributed by atoms with Crippen LogP contribution in [0, 0.1) is 23.1 Å². The van der Waals surface area contributed by atoms with Crippen LogP contribution in [0.4, 0.5) is 4.39 Å². The fourth-order valence-electron chi connectivity index (χ4n) is 4.28. The average molecular weight is 498 g/mol. The van der Waals surface area contributed by atoms with E-state index in [0.29, 0.717) is 18.5 Å². The number of carbonyl (C=O) groups excluding carboxylic acids is 2. The number of hydrogen-bond acceptors (Lipinski definition) is 6. The molecule has 0 saturated carbocycles. The van der Waals surface area contributed by atoms with Crippen molar-refractivity contribution in [2.45, 2.75) is 30.7 Å². The van der Waals surface area contributed by atoms with Gasteiger partial charge in [-0.15, -0.1) is 0 Å². The van der Waals surface area contributed by atoms with E-state index in [1.807, 2.05) is 22.8 Å². The third-order valence-corrected chi connectivity index (χ3v) is 8.07. The van der Waals surface area contributed by atoms with Crippen LogP contribution in [-0.4, -0.2) is 48.7 Å². The number of esters is 1. The van der Waals surface area contributed by atoms with Gasteiger partial charge in [0.2, 0.25) is 15.8 Å². The van der Waals surface area contributed by atoms with E-state index in [1.54, 1.807) is 12.3 Å². The molecule has 1 aromatic heterocycles. The number of hydrogen-bond donors (Lipinski definition) is 0. The van der Waals surface area contributed by atoms with Crippen LogP contribution < -0.4 is 0 Å². The molecule has 8 nitrogen and oxygen atoms in total.